The van der Waals surface area contributed by atoms with E-state index < -0.39 is 241 Å². The molecule has 5 aromatic rings. The number of thioether (sulfide) groups is 1. The minimum absolute atomic E-state index is 0.0342. The predicted molar refractivity (Wildman–Crippen MR) is 460 cm³/mol. The number of thiol groups is 1. The molecule has 22 N–H and O–H groups in total. The average molecular weight is 1800 g/mol. The highest BCUT2D eigenvalue weighted by Gasteiger charge is 2.42. The Labute approximate surface area is 735 Å². The lowest BCUT2D eigenvalue weighted by molar-refractivity contribution is -0.144. The van der Waals surface area contributed by atoms with Gasteiger partial charge in [0.1, 0.15) is 90.3 Å². The van der Waals surface area contributed by atoms with Gasteiger partial charge in [-0.3, -0.25) is 86.3 Å². The van der Waals surface area contributed by atoms with Crippen LogP contribution >= 0.6 is 24.4 Å². The number of likely N-dealkylation sites (tertiary alicyclic amines) is 1. The second-order valence-corrected chi connectivity index (χ2v) is 33.0. The van der Waals surface area contributed by atoms with Gasteiger partial charge in [0, 0.05) is 74.6 Å². The molecule has 3 heterocycles. The van der Waals surface area contributed by atoms with E-state index in [-0.39, 0.29) is 75.3 Å². The summed E-state index contributed by atoms with van der Waals surface area (Å²) in [4.78, 5) is 260. The summed E-state index contributed by atoms with van der Waals surface area (Å²) in [6.07, 6.45) is 1.46. The first-order valence-corrected chi connectivity index (χ1v) is 42.9. The third-order valence-corrected chi connectivity index (χ3v) is 21.3. The van der Waals surface area contributed by atoms with Crippen molar-refractivity contribution < 1.29 is 112 Å². The molecule has 1 fully saturated rings. The fourth-order valence-electron chi connectivity index (χ4n) is 13.8. The van der Waals surface area contributed by atoms with Gasteiger partial charge in [-0.05, 0) is 103 Å². The first kappa shape index (κ1) is 102. The van der Waals surface area contributed by atoms with Crippen LogP contribution in [0.4, 0.5) is 0 Å². The van der Waals surface area contributed by atoms with Crippen LogP contribution in [0.1, 0.15) is 129 Å². The number of aliphatic hydroxyl groups excluding tert-OH is 1. The van der Waals surface area contributed by atoms with E-state index in [2.05, 4.69) is 96.7 Å². The average Bonchev–Trinajstić information content (AvgIpc) is 1.67. The maximum absolute atomic E-state index is 15.2. The summed E-state index contributed by atoms with van der Waals surface area (Å²) in [6.45, 7) is 10.2. The van der Waals surface area contributed by atoms with Gasteiger partial charge in [-0.25, -0.2) is 4.98 Å². The lowest BCUT2D eigenvalue weighted by Crippen LogP contribution is -2.62. The number of aliphatic hydroxyl groups is 1. The first-order chi connectivity index (χ1) is 59.7. The van der Waals surface area contributed by atoms with Crippen molar-refractivity contribution in [3.63, 3.8) is 0 Å². The number of amides is 15. The van der Waals surface area contributed by atoms with Gasteiger partial charge in [-0.15, -0.1) is 0 Å². The number of hydrogen-bond donors (Lipinski definition) is 22. The van der Waals surface area contributed by atoms with E-state index in [9.17, 15) is 102 Å². The molecule has 41 nitrogen and oxygen atoms in total. The highest BCUT2D eigenvalue weighted by molar-refractivity contribution is 7.98. The topological polar surface area (TPSA) is 639 Å². The molecule has 0 radical (unpaired) electrons. The number of H-pyrrole nitrogens is 2. The number of rotatable bonds is 52. The van der Waals surface area contributed by atoms with Crippen molar-refractivity contribution in [1.82, 2.24) is 89.0 Å². The Kier molecular flexibility index (Phi) is 40.8. The van der Waals surface area contributed by atoms with Crippen LogP contribution in [0.25, 0.3) is 10.9 Å². The normalized spacial score (nSPS) is 15.6. The van der Waals surface area contributed by atoms with Crippen molar-refractivity contribution in [2.45, 2.75) is 217 Å². The Morgan fingerprint density at radius 2 is 0.976 bits per heavy atom. The highest BCUT2D eigenvalue weighted by atomic mass is 32.2. The van der Waals surface area contributed by atoms with Gasteiger partial charge in [0.25, 0.3) is 0 Å². The molecule has 2 aromatic heterocycles. The Morgan fingerprint density at radius 3 is 1.52 bits per heavy atom. The van der Waals surface area contributed by atoms with Crippen LogP contribution in [0, 0.1) is 17.8 Å². The minimum Gasteiger partial charge on any atom is -0.508 e. The molecule has 0 saturated carbocycles. The fourth-order valence-corrected chi connectivity index (χ4v) is 14.5. The number of carbonyl (C=O) groups is 18. The summed E-state index contributed by atoms with van der Waals surface area (Å²) >= 11 is 5.78. The number of carboxylic acid groups (broad SMARTS) is 3. The van der Waals surface area contributed by atoms with Crippen molar-refractivity contribution in [3.8, 4) is 5.75 Å². The van der Waals surface area contributed by atoms with Gasteiger partial charge < -0.3 is 115 Å². The molecule has 126 heavy (non-hydrogen) atoms. The smallest absolute Gasteiger partial charge is 0.305 e. The molecule has 6 rings (SSSR count). The van der Waals surface area contributed by atoms with Gasteiger partial charge in [0.2, 0.25) is 88.6 Å². The molecule has 14 atom stereocenters. The van der Waals surface area contributed by atoms with E-state index >= 15 is 9.59 Å². The number of nitrogens with zero attached hydrogens (tertiary/aromatic N) is 2. The number of phenolic OH excluding ortho intramolecular Hbond substituents is 1. The maximum Gasteiger partial charge on any atom is 0.305 e. The van der Waals surface area contributed by atoms with Gasteiger partial charge in [0.05, 0.1) is 31.5 Å². The minimum atomic E-state index is -2.18. The third-order valence-electron chi connectivity index (χ3n) is 20.3. The fraction of sp³-hybridized carbons (Fsp3) is 0.506. The number of primary amides is 1. The zero-order valence-electron chi connectivity index (χ0n) is 71.0. The van der Waals surface area contributed by atoms with Gasteiger partial charge in [0.15, 0.2) is 0 Å². The number of phenols is 1. The van der Waals surface area contributed by atoms with Crippen LogP contribution in [-0.4, -0.2) is 267 Å². The maximum atomic E-state index is 15.2. The summed E-state index contributed by atoms with van der Waals surface area (Å²) in [6, 6.07) is -1.67. The SMILES string of the molecule is CSCCC(NC(=O)C(NC(=O)C(Cc1c[nH]cn1)NC(=O)C(CS)NC(=O)C(Cc1c[nH]c2ccccc12)NC(=O)C(Cc1ccccc1)NC(=O)C(CCC(=O)O)NC(=O)C(CC(C)C)NC(=O)C(CC(=O)O)NC(=O)C(CC(=O)O)NC(=O)C(CO)NC(=O)C1CCCN1C(=O)C(CC(C)C)NC(C)=O)C(C)C)C(=O)NC(Cc1ccc(O)cc1)C(N)=O. The molecule has 14 unspecified atom stereocenters. The largest absolute Gasteiger partial charge is 0.508 e. The third kappa shape index (κ3) is 32.8. The lowest BCUT2D eigenvalue weighted by Gasteiger charge is -2.30. The zero-order valence-corrected chi connectivity index (χ0v) is 72.7. The van der Waals surface area contributed by atoms with E-state index in [1.54, 1.807) is 107 Å². The van der Waals surface area contributed by atoms with Crippen LogP contribution in [0.15, 0.2) is 97.6 Å². The highest BCUT2D eigenvalue weighted by Crippen LogP contribution is 2.24. The van der Waals surface area contributed by atoms with Crippen LogP contribution in [0.5, 0.6) is 5.75 Å². The van der Waals surface area contributed by atoms with E-state index in [1.165, 1.54) is 48.2 Å². The Hall–Kier alpha value is -12.7. The number of aromatic hydroxyl groups is 1. The summed E-state index contributed by atoms with van der Waals surface area (Å²) in [5.74, 6) is -21.4. The number of benzene rings is 3. The Morgan fingerprint density at radius 1 is 0.508 bits per heavy atom. The van der Waals surface area contributed by atoms with E-state index in [4.69, 9.17) is 5.73 Å². The Balaban J connectivity index is 1.23. The van der Waals surface area contributed by atoms with Gasteiger partial charge >= 0.3 is 17.9 Å². The number of imidazole rings is 1. The van der Waals surface area contributed by atoms with Gasteiger partial charge in [-0.1, -0.05) is 102 Å². The van der Waals surface area contributed by atoms with Crippen molar-refractivity contribution in [2.24, 2.45) is 23.5 Å². The molecular weight excluding hydrogens is 1680 g/mol. The number of nitrogens with one attached hydrogen (secondary N) is 15. The number of aliphatic carboxylic acids is 3. The summed E-state index contributed by atoms with van der Waals surface area (Å²) in [5.41, 5.74) is 7.99. The number of aromatic nitrogens is 3. The Bertz CT molecular complexity index is 4630. The van der Waals surface area contributed by atoms with Crippen LogP contribution < -0.4 is 74.9 Å². The zero-order chi connectivity index (χ0) is 93.2. The molecule has 15 amide bonds. The molecule has 43 heteroatoms. The number of nitrogens with two attached hydrogens (primary N) is 1. The lowest BCUT2D eigenvalue weighted by atomic mass is 10.00. The molecule has 686 valence electrons. The molecule has 0 spiro atoms. The summed E-state index contributed by atoms with van der Waals surface area (Å²) < 4.78 is 0. The van der Waals surface area contributed by atoms with Crippen molar-refractivity contribution in [1.29, 1.82) is 0 Å². The predicted octanol–water partition coefficient (Wildman–Crippen LogP) is -2.10. The number of carbonyl (C=O) groups excluding carboxylic acids is 15. The van der Waals surface area contributed by atoms with Gasteiger partial charge in [-0.2, -0.15) is 24.4 Å². The molecule has 0 bridgehead atoms. The first-order valence-electron chi connectivity index (χ1n) is 40.9. The quantitative estimate of drug-likeness (QED) is 0.0186. The number of carboxylic acids is 3. The van der Waals surface area contributed by atoms with Crippen molar-refractivity contribution in [2.75, 3.05) is 30.9 Å². The van der Waals surface area contributed by atoms with E-state index in [0.717, 1.165) is 0 Å². The molecule has 1 saturated heterocycles. The number of aromatic amines is 2. The van der Waals surface area contributed by atoms with Crippen LogP contribution in [0.3, 0.4) is 0 Å². The van der Waals surface area contributed by atoms with Crippen molar-refractivity contribution >= 4 is 142 Å². The van der Waals surface area contributed by atoms with E-state index in [1.807, 2.05) is 13.8 Å². The number of hydrogen-bond acceptors (Lipinski definition) is 23. The second-order valence-electron chi connectivity index (χ2n) is 31.7. The van der Waals surface area contributed by atoms with E-state index in [0.29, 0.717) is 39.8 Å². The summed E-state index contributed by atoms with van der Waals surface area (Å²) in [5, 5.41) is 83.0. The van der Waals surface area contributed by atoms with Crippen LogP contribution in [0.2, 0.25) is 0 Å². The molecule has 1 aliphatic rings. The molecule has 3 aromatic carbocycles. The standard InChI is InChI=1S/C83H114N18O23S2/c1-42(2)29-56(92-76(117)60(35-67(107)108)96-77(118)61(36-68(109)110)97-79(120)63(39-102)98-81(122)65-19-14-27-101(65)83(124)62(30-43(3)4)88-45(7)103)73(114)89-53(24-25-66(105)106)71(112)93-57(32-46-15-10-9-11-16-46)74(115)94-58(33-48-37-86-52-18-13-12-17-51(48)52)75(116)99-64(40-125)80(121)95-59(34-49-38-85-41-87-49)78(119)100-69(44(5)6)82(123)90-54(26-28-126-8)72(113)91-55(70(84)111)31-47-20-22-50(104)23-21-47/h9-13,15-18,20-23,37-38,41-44,53-65,69,86,102,104,125H,14,19,24-36,39-40H2,1-8H3,(H2,84,111)(H,85,87)(H,88,103)(H,89,114)(H,90,123)(H,91,113)(H,92,117)(H,93,112)(H,94,115)(H,95,121)(H,96,118)(H,97,120)(H,98,122)(H,99,116)(H,100,119)(H,105,106)(H,107,108)(H,109,110). The molecular formula is C83H114N18O23S2. The molecule has 0 aliphatic carbocycles. The number of para-hydroxylation sites is 1. The monoisotopic (exact) mass is 1790 g/mol. The second kappa shape index (κ2) is 50.3. The van der Waals surface area contributed by atoms with Crippen molar-refractivity contribution in [3.05, 3.63) is 120 Å². The molecule has 1 aliphatic heterocycles. The number of fused-ring (bicyclic) bond motifs is 1. The summed E-state index contributed by atoms with van der Waals surface area (Å²) in [7, 11) is 0. The van der Waals surface area contributed by atoms with Crippen LogP contribution in [-0.2, 0) is 112 Å².